The van der Waals surface area contributed by atoms with Crippen LogP contribution in [0.15, 0.2) is 54.7 Å². The number of benzene rings is 2. The lowest BCUT2D eigenvalue weighted by atomic mass is 9.87. The SMILES string of the molecule is COc1ccc(CN2CC3CC(c4cnc5ccccc5c4)N4C(=O)N(CCN5CCOCC5)C(=O)C34C2)cc1O. The van der Waals surface area contributed by atoms with Crippen molar-refractivity contribution >= 4 is 22.8 Å². The molecule has 1 N–H and O–H groups in total. The summed E-state index contributed by atoms with van der Waals surface area (Å²) in [5.74, 6) is 0.429. The number of urea groups is 1. The van der Waals surface area contributed by atoms with Gasteiger partial charge in [-0.25, -0.2) is 4.79 Å². The fourth-order valence-electron chi connectivity index (χ4n) is 7.32. The highest BCUT2D eigenvalue weighted by Gasteiger charge is 2.70. The summed E-state index contributed by atoms with van der Waals surface area (Å²) in [5.41, 5.74) is 1.91. The molecule has 41 heavy (non-hydrogen) atoms. The number of aromatic nitrogens is 1. The van der Waals surface area contributed by atoms with Crippen LogP contribution in [0.2, 0.25) is 0 Å². The molecular weight excluding hydrogens is 522 g/mol. The van der Waals surface area contributed by atoms with Crippen LogP contribution in [0, 0.1) is 5.92 Å². The van der Waals surface area contributed by atoms with E-state index in [4.69, 9.17) is 9.47 Å². The molecule has 0 aliphatic carbocycles. The molecule has 0 saturated carbocycles. The number of rotatable bonds is 7. The van der Waals surface area contributed by atoms with Crippen LogP contribution in [0.1, 0.15) is 23.6 Å². The van der Waals surface area contributed by atoms with Crippen LogP contribution in [0.3, 0.4) is 0 Å². The minimum Gasteiger partial charge on any atom is -0.504 e. The molecule has 3 amide bonds. The number of pyridine rings is 1. The van der Waals surface area contributed by atoms with Crippen molar-refractivity contribution in [3.05, 3.63) is 65.9 Å². The molecule has 5 heterocycles. The van der Waals surface area contributed by atoms with E-state index < -0.39 is 5.54 Å². The lowest BCUT2D eigenvalue weighted by Gasteiger charge is -2.32. The van der Waals surface area contributed by atoms with Gasteiger partial charge in [-0.3, -0.25) is 24.5 Å². The number of phenols is 1. The Labute approximate surface area is 239 Å². The fraction of sp³-hybridized carbons (Fsp3) is 0.452. The van der Waals surface area contributed by atoms with Crippen LogP contribution in [0.5, 0.6) is 11.5 Å². The number of amides is 3. The minimum atomic E-state index is -0.910. The molecule has 4 aliphatic heterocycles. The average molecular weight is 558 g/mol. The van der Waals surface area contributed by atoms with Crippen molar-refractivity contribution in [2.45, 2.75) is 24.5 Å². The number of nitrogens with zero attached hydrogens (tertiary/aromatic N) is 5. The number of phenolic OH excluding ortho intramolecular Hbond substituents is 1. The minimum absolute atomic E-state index is 0.00403. The summed E-state index contributed by atoms with van der Waals surface area (Å²) < 4.78 is 10.7. The number of hydrogen-bond donors (Lipinski definition) is 1. The predicted octanol–water partition coefficient (Wildman–Crippen LogP) is 2.86. The second kappa shape index (κ2) is 10.3. The van der Waals surface area contributed by atoms with Crippen molar-refractivity contribution < 1.29 is 24.2 Å². The zero-order chi connectivity index (χ0) is 28.1. The van der Waals surface area contributed by atoms with Crippen LogP contribution in [-0.4, -0.2) is 107 Å². The Hall–Kier alpha value is -3.73. The summed E-state index contributed by atoms with van der Waals surface area (Å²) in [6.45, 7) is 5.70. The molecule has 10 nitrogen and oxygen atoms in total. The maximum absolute atomic E-state index is 14.3. The summed E-state index contributed by atoms with van der Waals surface area (Å²) in [7, 11) is 1.53. The molecule has 1 spiro atoms. The maximum Gasteiger partial charge on any atom is 0.328 e. The number of aromatic hydroxyl groups is 1. The Balaban J connectivity index is 1.19. The van der Waals surface area contributed by atoms with Crippen LogP contribution >= 0.6 is 0 Å². The van der Waals surface area contributed by atoms with Crippen molar-refractivity contribution in [2.24, 2.45) is 5.92 Å². The molecule has 3 aromatic rings. The fourth-order valence-corrected chi connectivity index (χ4v) is 7.32. The van der Waals surface area contributed by atoms with Gasteiger partial charge in [0.05, 0.1) is 31.9 Å². The Morgan fingerprint density at radius 1 is 1.07 bits per heavy atom. The van der Waals surface area contributed by atoms with Crippen molar-refractivity contribution in [1.82, 2.24) is 24.6 Å². The number of para-hydroxylation sites is 1. The summed E-state index contributed by atoms with van der Waals surface area (Å²) in [6.07, 6.45) is 2.58. The number of ether oxygens (including phenoxy) is 2. The number of likely N-dealkylation sites (tertiary alicyclic amines) is 1. The van der Waals surface area contributed by atoms with Gasteiger partial charge in [-0.05, 0) is 41.8 Å². The van der Waals surface area contributed by atoms with Gasteiger partial charge in [0.1, 0.15) is 5.54 Å². The number of carbonyl (C=O) groups is 2. The number of fused-ring (bicyclic) bond motifs is 1. The Morgan fingerprint density at radius 3 is 2.71 bits per heavy atom. The first kappa shape index (κ1) is 26.2. The van der Waals surface area contributed by atoms with E-state index in [9.17, 15) is 14.7 Å². The summed E-state index contributed by atoms with van der Waals surface area (Å²) in [5, 5.41) is 11.3. The second-order valence-electron chi connectivity index (χ2n) is 11.6. The van der Waals surface area contributed by atoms with E-state index in [2.05, 4.69) is 20.9 Å². The molecule has 4 saturated heterocycles. The smallest absolute Gasteiger partial charge is 0.328 e. The molecule has 214 valence electrons. The molecule has 1 aromatic heterocycles. The molecule has 3 atom stereocenters. The molecule has 10 heteroatoms. The zero-order valence-electron chi connectivity index (χ0n) is 23.2. The van der Waals surface area contributed by atoms with Gasteiger partial charge in [0.15, 0.2) is 11.5 Å². The third-order valence-electron chi connectivity index (χ3n) is 9.31. The van der Waals surface area contributed by atoms with Crippen molar-refractivity contribution in [1.29, 1.82) is 0 Å². The van der Waals surface area contributed by atoms with Gasteiger partial charge in [-0.2, -0.15) is 0 Å². The molecule has 0 radical (unpaired) electrons. The van der Waals surface area contributed by atoms with Gasteiger partial charge in [0, 0.05) is 63.3 Å². The highest BCUT2D eigenvalue weighted by molar-refractivity contribution is 6.08. The molecule has 0 bridgehead atoms. The van der Waals surface area contributed by atoms with Crippen LogP contribution < -0.4 is 4.74 Å². The maximum atomic E-state index is 14.3. The van der Waals surface area contributed by atoms with E-state index in [-0.39, 0.29) is 29.6 Å². The van der Waals surface area contributed by atoms with Crippen molar-refractivity contribution in [3.63, 3.8) is 0 Å². The van der Waals surface area contributed by atoms with E-state index in [1.807, 2.05) is 41.4 Å². The molecule has 3 unspecified atom stereocenters. The van der Waals surface area contributed by atoms with Gasteiger partial charge in [0.2, 0.25) is 0 Å². The highest BCUT2D eigenvalue weighted by atomic mass is 16.5. The van der Waals surface area contributed by atoms with Crippen molar-refractivity contribution in [2.75, 3.05) is 59.6 Å². The number of carbonyl (C=O) groups excluding carboxylic acids is 2. The standard InChI is InChI=1S/C31H35N5O5/c1-40-28-7-6-21(14-27(28)37)18-34-19-24-16-26(23-15-22-4-2-3-5-25(22)32-17-23)36-30(39)35(29(38)31(24,36)20-34)9-8-33-10-12-41-13-11-33/h2-7,14-15,17,24,26,37H,8-13,16,18-20H2,1H3. The Morgan fingerprint density at radius 2 is 1.90 bits per heavy atom. The first-order valence-corrected chi connectivity index (χ1v) is 14.4. The lowest BCUT2D eigenvalue weighted by Crippen LogP contribution is -2.51. The largest absolute Gasteiger partial charge is 0.504 e. The van der Waals surface area contributed by atoms with E-state index in [1.165, 1.54) is 12.0 Å². The first-order valence-electron chi connectivity index (χ1n) is 14.4. The third kappa shape index (κ3) is 4.32. The van der Waals surface area contributed by atoms with Gasteiger partial charge in [-0.1, -0.05) is 24.3 Å². The van der Waals surface area contributed by atoms with Gasteiger partial charge in [-0.15, -0.1) is 0 Å². The highest BCUT2D eigenvalue weighted by Crippen LogP contribution is 2.55. The predicted molar refractivity (Wildman–Crippen MR) is 151 cm³/mol. The van der Waals surface area contributed by atoms with Gasteiger partial charge in [0.25, 0.3) is 5.91 Å². The van der Waals surface area contributed by atoms with E-state index in [0.29, 0.717) is 58.1 Å². The second-order valence-corrected chi connectivity index (χ2v) is 11.6. The van der Waals surface area contributed by atoms with E-state index >= 15 is 0 Å². The van der Waals surface area contributed by atoms with Gasteiger partial charge >= 0.3 is 6.03 Å². The topological polar surface area (TPSA) is 98.7 Å². The lowest BCUT2D eigenvalue weighted by molar-refractivity contribution is -0.133. The van der Waals surface area contributed by atoms with Crippen molar-refractivity contribution in [3.8, 4) is 11.5 Å². The van der Waals surface area contributed by atoms with E-state index in [0.717, 1.165) is 35.1 Å². The van der Waals surface area contributed by atoms with Crippen LogP contribution in [0.4, 0.5) is 4.79 Å². The quantitative estimate of drug-likeness (QED) is 0.443. The molecule has 4 fully saturated rings. The monoisotopic (exact) mass is 557 g/mol. The first-order chi connectivity index (χ1) is 20.0. The summed E-state index contributed by atoms with van der Waals surface area (Å²) >= 11 is 0. The van der Waals surface area contributed by atoms with Crippen LogP contribution in [-0.2, 0) is 16.1 Å². The van der Waals surface area contributed by atoms with E-state index in [1.54, 1.807) is 12.1 Å². The molecule has 2 aromatic carbocycles. The number of hydrogen-bond acceptors (Lipinski definition) is 8. The summed E-state index contributed by atoms with van der Waals surface area (Å²) in [4.78, 5) is 41.0. The van der Waals surface area contributed by atoms with Gasteiger partial charge < -0.3 is 19.5 Å². The third-order valence-corrected chi connectivity index (χ3v) is 9.31. The Kier molecular flexibility index (Phi) is 6.56. The number of morpholine rings is 1. The Bertz CT molecular complexity index is 1490. The zero-order valence-corrected chi connectivity index (χ0v) is 23.2. The summed E-state index contributed by atoms with van der Waals surface area (Å²) in [6, 6.07) is 15.1. The molecular formula is C31H35N5O5. The van der Waals surface area contributed by atoms with Crippen LogP contribution in [0.25, 0.3) is 10.9 Å². The molecule has 7 rings (SSSR count). The normalized spacial score (nSPS) is 26.7. The molecule has 4 aliphatic rings. The average Bonchev–Trinajstić information content (AvgIpc) is 3.56. The number of methoxy groups -OCH3 is 1. The number of imide groups is 1.